The molecule has 1 fully saturated rings. The molecule has 2 amide bonds. The third-order valence-corrected chi connectivity index (χ3v) is 4.88. The van der Waals surface area contributed by atoms with E-state index in [1.54, 1.807) is 4.90 Å². The van der Waals surface area contributed by atoms with Gasteiger partial charge in [-0.3, -0.25) is 9.59 Å². The van der Waals surface area contributed by atoms with E-state index in [0.29, 0.717) is 19.4 Å². The van der Waals surface area contributed by atoms with Gasteiger partial charge in [-0.1, -0.05) is 23.7 Å². The summed E-state index contributed by atoms with van der Waals surface area (Å²) in [6.45, 7) is 4.43. The first-order valence-electron chi connectivity index (χ1n) is 7.72. The average Bonchev–Trinajstić information content (AvgIpc) is 2.48. The first-order chi connectivity index (χ1) is 10.4. The van der Waals surface area contributed by atoms with Crippen LogP contribution in [0.4, 0.5) is 0 Å². The minimum Gasteiger partial charge on any atom is -0.369 e. The van der Waals surface area contributed by atoms with Crippen molar-refractivity contribution in [2.24, 2.45) is 11.7 Å². The number of rotatable bonds is 4. The molecule has 22 heavy (non-hydrogen) atoms. The second-order valence-corrected chi connectivity index (χ2v) is 6.56. The van der Waals surface area contributed by atoms with Crippen LogP contribution in [0.15, 0.2) is 18.2 Å². The van der Waals surface area contributed by atoms with E-state index in [9.17, 15) is 9.59 Å². The summed E-state index contributed by atoms with van der Waals surface area (Å²) in [6.07, 6.45) is 2.68. The third-order valence-electron chi connectivity index (χ3n) is 4.47. The van der Waals surface area contributed by atoms with E-state index >= 15 is 0 Å². The number of piperidine rings is 1. The van der Waals surface area contributed by atoms with Gasteiger partial charge in [0.15, 0.2) is 0 Å². The molecule has 0 aliphatic carbocycles. The van der Waals surface area contributed by atoms with Crippen LogP contribution in [0.25, 0.3) is 0 Å². The lowest BCUT2D eigenvalue weighted by atomic mass is 9.92. The molecule has 0 saturated carbocycles. The summed E-state index contributed by atoms with van der Waals surface area (Å²) in [5.74, 6) is -0.445. The second kappa shape index (κ2) is 7.14. The number of nitrogens with two attached hydrogens (primary N) is 1. The first kappa shape index (κ1) is 16.8. The van der Waals surface area contributed by atoms with Crippen molar-refractivity contribution in [1.29, 1.82) is 0 Å². The Morgan fingerprint density at radius 1 is 1.36 bits per heavy atom. The van der Waals surface area contributed by atoms with Gasteiger partial charge < -0.3 is 10.6 Å². The lowest BCUT2D eigenvalue weighted by Gasteiger charge is -2.37. The maximum absolute atomic E-state index is 12.4. The Bertz CT molecular complexity index is 574. The molecule has 1 aliphatic heterocycles. The summed E-state index contributed by atoms with van der Waals surface area (Å²) in [6, 6.07) is 6.05. The zero-order valence-electron chi connectivity index (χ0n) is 13.1. The van der Waals surface area contributed by atoms with E-state index in [2.05, 4.69) is 0 Å². The molecule has 1 aliphatic rings. The van der Waals surface area contributed by atoms with Gasteiger partial charge in [-0.15, -0.1) is 0 Å². The van der Waals surface area contributed by atoms with Gasteiger partial charge in [-0.05, 0) is 50.3 Å². The predicted molar refractivity (Wildman–Crippen MR) is 87.6 cm³/mol. The maximum atomic E-state index is 12.4. The van der Waals surface area contributed by atoms with Gasteiger partial charge in [0.1, 0.15) is 0 Å². The lowest BCUT2D eigenvalue weighted by molar-refractivity contribution is -0.137. The van der Waals surface area contributed by atoms with Crippen LogP contribution < -0.4 is 5.73 Å². The molecule has 120 valence electrons. The number of halogens is 1. The van der Waals surface area contributed by atoms with E-state index < -0.39 is 0 Å². The van der Waals surface area contributed by atoms with Gasteiger partial charge in [-0.2, -0.15) is 0 Å². The Morgan fingerprint density at radius 2 is 2.09 bits per heavy atom. The van der Waals surface area contributed by atoms with Gasteiger partial charge in [0.25, 0.3) is 0 Å². The highest BCUT2D eigenvalue weighted by Gasteiger charge is 2.31. The van der Waals surface area contributed by atoms with Crippen molar-refractivity contribution in [2.45, 2.75) is 45.6 Å². The van der Waals surface area contributed by atoms with Crippen LogP contribution in [0.5, 0.6) is 0 Å². The fraction of sp³-hybridized carbons (Fsp3) is 0.529. The molecular formula is C17H23ClN2O2. The van der Waals surface area contributed by atoms with Crippen molar-refractivity contribution < 1.29 is 9.59 Å². The number of aryl methyl sites for hydroxylation is 2. The highest BCUT2D eigenvalue weighted by atomic mass is 35.5. The van der Waals surface area contributed by atoms with Crippen LogP contribution in [-0.4, -0.2) is 29.3 Å². The summed E-state index contributed by atoms with van der Waals surface area (Å²) in [4.78, 5) is 25.6. The van der Waals surface area contributed by atoms with Gasteiger partial charge in [-0.25, -0.2) is 0 Å². The summed E-state index contributed by atoms with van der Waals surface area (Å²) in [5, 5.41) is 0.727. The number of carbonyl (C=O) groups is 2. The van der Waals surface area contributed by atoms with Crippen LogP contribution >= 0.6 is 11.6 Å². The molecular weight excluding hydrogens is 300 g/mol. The Labute approximate surface area is 136 Å². The molecule has 2 rings (SSSR count). The quantitative estimate of drug-likeness (QED) is 0.926. The fourth-order valence-electron chi connectivity index (χ4n) is 2.87. The van der Waals surface area contributed by atoms with E-state index in [1.807, 2.05) is 32.0 Å². The number of benzene rings is 1. The number of carbonyl (C=O) groups excluding carboxylic acids is 2. The van der Waals surface area contributed by atoms with Crippen molar-refractivity contribution >= 4 is 23.4 Å². The Morgan fingerprint density at radius 3 is 2.73 bits per heavy atom. The number of hydrogen-bond donors (Lipinski definition) is 1. The van der Waals surface area contributed by atoms with Crippen LogP contribution in [-0.2, 0) is 16.0 Å². The smallest absolute Gasteiger partial charge is 0.223 e. The van der Waals surface area contributed by atoms with Gasteiger partial charge >= 0.3 is 0 Å². The first-order valence-corrected chi connectivity index (χ1v) is 8.10. The van der Waals surface area contributed by atoms with Gasteiger partial charge in [0.2, 0.25) is 11.8 Å². The molecule has 0 radical (unpaired) electrons. The summed E-state index contributed by atoms with van der Waals surface area (Å²) in [5.41, 5.74) is 7.47. The molecule has 1 heterocycles. The van der Waals surface area contributed by atoms with Crippen molar-refractivity contribution in [3.8, 4) is 0 Å². The molecule has 2 atom stereocenters. The van der Waals surface area contributed by atoms with Gasteiger partial charge in [0.05, 0.1) is 5.92 Å². The second-order valence-electron chi connectivity index (χ2n) is 6.16. The van der Waals surface area contributed by atoms with Crippen LogP contribution in [0, 0.1) is 12.8 Å². The molecule has 1 aromatic rings. The van der Waals surface area contributed by atoms with Crippen molar-refractivity contribution in [3.63, 3.8) is 0 Å². The molecule has 1 aromatic carbocycles. The lowest BCUT2D eigenvalue weighted by Crippen LogP contribution is -2.48. The zero-order valence-corrected chi connectivity index (χ0v) is 13.9. The van der Waals surface area contributed by atoms with E-state index in [-0.39, 0.29) is 23.8 Å². The number of hydrogen-bond acceptors (Lipinski definition) is 2. The third kappa shape index (κ3) is 4.01. The van der Waals surface area contributed by atoms with Crippen molar-refractivity contribution in [3.05, 3.63) is 34.3 Å². The van der Waals surface area contributed by atoms with E-state index in [4.69, 9.17) is 17.3 Å². The average molecular weight is 323 g/mol. The minimum absolute atomic E-state index is 0.0788. The van der Waals surface area contributed by atoms with E-state index in [1.165, 1.54) is 0 Å². The monoisotopic (exact) mass is 322 g/mol. The number of amides is 2. The topological polar surface area (TPSA) is 63.4 Å². The Kier molecular flexibility index (Phi) is 5.46. The molecule has 1 saturated heterocycles. The fourth-order valence-corrected chi connectivity index (χ4v) is 3.08. The predicted octanol–water partition coefficient (Wildman–Crippen LogP) is 2.69. The SMILES string of the molecule is Cc1ccc(CCC(=O)N2C[C@H](C(N)=O)CC[C@@H]2C)cc1Cl. The van der Waals surface area contributed by atoms with Crippen LogP contribution in [0.2, 0.25) is 5.02 Å². The summed E-state index contributed by atoms with van der Waals surface area (Å²) < 4.78 is 0. The molecule has 0 spiro atoms. The standard InChI is InChI=1S/C17H23ClN2O2/c1-11-3-5-13(9-15(11)18)6-8-16(21)20-10-14(17(19)22)7-4-12(20)2/h3,5,9,12,14H,4,6-8,10H2,1-2H3,(H2,19,22)/t12-,14+/m0/s1. The van der Waals surface area contributed by atoms with Crippen LogP contribution in [0.1, 0.15) is 37.3 Å². The molecule has 0 bridgehead atoms. The normalized spacial score (nSPS) is 21.7. The summed E-state index contributed by atoms with van der Waals surface area (Å²) >= 11 is 6.11. The number of primary amides is 1. The Balaban J connectivity index is 1.95. The molecule has 4 nitrogen and oxygen atoms in total. The maximum Gasteiger partial charge on any atom is 0.223 e. The number of likely N-dealkylation sites (tertiary alicyclic amines) is 1. The molecule has 0 aromatic heterocycles. The van der Waals surface area contributed by atoms with E-state index in [0.717, 1.165) is 29.0 Å². The largest absolute Gasteiger partial charge is 0.369 e. The molecule has 5 heteroatoms. The number of nitrogens with zero attached hydrogens (tertiary/aromatic N) is 1. The van der Waals surface area contributed by atoms with Crippen molar-refractivity contribution in [1.82, 2.24) is 4.90 Å². The highest BCUT2D eigenvalue weighted by molar-refractivity contribution is 6.31. The zero-order chi connectivity index (χ0) is 16.3. The summed E-state index contributed by atoms with van der Waals surface area (Å²) in [7, 11) is 0. The Hall–Kier alpha value is -1.55. The van der Waals surface area contributed by atoms with Crippen molar-refractivity contribution in [2.75, 3.05) is 6.54 Å². The molecule has 0 unspecified atom stereocenters. The minimum atomic E-state index is -0.310. The highest BCUT2D eigenvalue weighted by Crippen LogP contribution is 2.23. The van der Waals surface area contributed by atoms with Crippen LogP contribution in [0.3, 0.4) is 0 Å². The molecule has 2 N–H and O–H groups in total. The van der Waals surface area contributed by atoms with Gasteiger partial charge in [0, 0.05) is 24.0 Å².